The summed E-state index contributed by atoms with van der Waals surface area (Å²) >= 11 is 0. The lowest BCUT2D eigenvalue weighted by Gasteiger charge is -2.41. The lowest BCUT2D eigenvalue weighted by molar-refractivity contribution is 0.0734. The molecule has 1 aromatic rings. The number of piperazine rings is 1. The molecule has 1 aliphatic heterocycles. The van der Waals surface area contributed by atoms with Crippen LogP contribution in [-0.4, -0.2) is 54.7 Å². The summed E-state index contributed by atoms with van der Waals surface area (Å²) in [6, 6.07) is 9.98. The van der Waals surface area contributed by atoms with Crippen molar-refractivity contribution >= 4 is 0 Å². The molecule has 0 saturated carbocycles. The first-order valence-corrected chi connectivity index (χ1v) is 7.25. The molecular formula is C17H24N2O. The summed E-state index contributed by atoms with van der Waals surface area (Å²) in [6.45, 7) is 10.1. The molecule has 0 spiro atoms. The highest BCUT2D eigenvalue weighted by Crippen LogP contribution is 2.15. The van der Waals surface area contributed by atoms with Crippen LogP contribution in [0.5, 0.6) is 5.75 Å². The number of rotatable bonds is 5. The van der Waals surface area contributed by atoms with Gasteiger partial charge >= 0.3 is 0 Å². The van der Waals surface area contributed by atoms with Crippen molar-refractivity contribution in [2.24, 2.45) is 0 Å². The predicted octanol–water partition coefficient (Wildman–Crippen LogP) is 2.09. The van der Waals surface area contributed by atoms with Crippen molar-refractivity contribution in [2.75, 3.05) is 39.3 Å². The van der Waals surface area contributed by atoms with Crippen molar-refractivity contribution in [3.63, 3.8) is 0 Å². The molecule has 108 valence electrons. The van der Waals surface area contributed by atoms with E-state index in [-0.39, 0.29) is 5.54 Å². The summed E-state index contributed by atoms with van der Waals surface area (Å²) in [5, 5.41) is 0. The second-order valence-electron chi connectivity index (χ2n) is 5.69. The maximum absolute atomic E-state index is 5.74. The Morgan fingerprint density at radius 3 is 2.40 bits per heavy atom. The fourth-order valence-electron chi connectivity index (χ4n) is 2.43. The zero-order valence-corrected chi connectivity index (χ0v) is 12.5. The third-order valence-corrected chi connectivity index (χ3v) is 3.94. The molecule has 3 nitrogen and oxygen atoms in total. The van der Waals surface area contributed by atoms with Crippen molar-refractivity contribution in [1.82, 2.24) is 9.80 Å². The molecule has 0 aliphatic carbocycles. The van der Waals surface area contributed by atoms with E-state index in [2.05, 4.69) is 29.6 Å². The third kappa shape index (κ3) is 4.00. The number of nitrogens with zero attached hydrogens (tertiary/aromatic N) is 2. The van der Waals surface area contributed by atoms with Gasteiger partial charge in [0.05, 0.1) is 5.54 Å². The van der Waals surface area contributed by atoms with E-state index in [9.17, 15) is 0 Å². The Kier molecular flexibility index (Phi) is 5.05. The standard InChI is InChI=1S/C17H24N2O/c1-4-17(2,3)19-12-10-18(11-13-19)14-15-20-16-8-6-5-7-9-16/h1,5-9H,10-15H2,2-3H3. The van der Waals surface area contributed by atoms with Gasteiger partial charge in [0.25, 0.3) is 0 Å². The molecule has 0 bridgehead atoms. The number of benzene rings is 1. The van der Waals surface area contributed by atoms with Crippen LogP contribution in [-0.2, 0) is 0 Å². The average Bonchev–Trinajstić information content (AvgIpc) is 2.49. The molecular weight excluding hydrogens is 248 g/mol. The van der Waals surface area contributed by atoms with E-state index < -0.39 is 0 Å². The Morgan fingerprint density at radius 2 is 1.80 bits per heavy atom. The topological polar surface area (TPSA) is 15.7 Å². The first-order chi connectivity index (χ1) is 9.62. The Morgan fingerprint density at radius 1 is 1.15 bits per heavy atom. The van der Waals surface area contributed by atoms with Crippen LogP contribution in [0.1, 0.15) is 13.8 Å². The van der Waals surface area contributed by atoms with Crippen LogP contribution in [0.15, 0.2) is 30.3 Å². The molecule has 0 N–H and O–H groups in total. The quantitative estimate of drug-likeness (QED) is 0.763. The van der Waals surface area contributed by atoms with Gasteiger partial charge in [-0.1, -0.05) is 24.1 Å². The second kappa shape index (κ2) is 6.78. The van der Waals surface area contributed by atoms with E-state index in [0.717, 1.165) is 45.1 Å². The second-order valence-corrected chi connectivity index (χ2v) is 5.69. The van der Waals surface area contributed by atoms with Crippen LogP contribution >= 0.6 is 0 Å². The molecule has 0 aromatic heterocycles. The highest BCUT2D eigenvalue weighted by atomic mass is 16.5. The smallest absolute Gasteiger partial charge is 0.119 e. The largest absolute Gasteiger partial charge is 0.492 e. The molecule has 0 radical (unpaired) electrons. The van der Waals surface area contributed by atoms with Gasteiger partial charge in [0.2, 0.25) is 0 Å². The third-order valence-electron chi connectivity index (χ3n) is 3.94. The molecule has 0 unspecified atom stereocenters. The molecule has 2 rings (SSSR count). The van der Waals surface area contributed by atoms with E-state index >= 15 is 0 Å². The lowest BCUT2D eigenvalue weighted by Crippen LogP contribution is -2.54. The lowest BCUT2D eigenvalue weighted by atomic mass is 10.0. The summed E-state index contributed by atoms with van der Waals surface area (Å²) in [4.78, 5) is 4.81. The van der Waals surface area contributed by atoms with Crippen LogP contribution in [0, 0.1) is 12.3 Å². The predicted molar refractivity (Wildman–Crippen MR) is 82.9 cm³/mol. The minimum Gasteiger partial charge on any atom is -0.492 e. The van der Waals surface area contributed by atoms with E-state index in [1.54, 1.807) is 0 Å². The van der Waals surface area contributed by atoms with Gasteiger partial charge in [0, 0.05) is 32.7 Å². The molecule has 3 heteroatoms. The van der Waals surface area contributed by atoms with Crippen LogP contribution in [0.4, 0.5) is 0 Å². The first-order valence-electron chi connectivity index (χ1n) is 7.25. The van der Waals surface area contributed by atoms with E-state index in [1.807, 2.05) is 30.3 Å². The summed E-state index contributed by atoms with van der Waals surface area (Å²) in [5.74, 6) is 3.82. The first kappa shape index (κ1) is 14.9. The fourth-order valence-corrected chi connectivity index (χ4v) is 2.43. The van der Waals surface area contributed by atoms with Crippen LogP contribution in [0.25, 0.3) is 0 Å². The fraction of sp³-hybridized carbons (Fsp3) is 0.529. The summed E-state index contributed by atoms with van der Waals surface area (Å²) < 4.78 is 5.74. The van der Waals surface area contributed by atoms with E-state index in [1.165, 1.54) is 0 Å². The van der Waals surface area contributed by atoms with Gasteiger partial charge in [-0.25, -0.2) is 0 Å². The van der Waals surface area contributed by atoms with Crippen molar-refractivity contribution in [3.05, 3.63) is 30.3 Å². The van der Waals surface area contributed by atoms with Crippen molar-refractivity contribution in [1.29, 1.82) is 0 Å². The minimum absolute atomic E-state index is 0.132. The molecule has 1 aliphatic rings. The maximum Gasteiger partial charge on any atom is 0.119 e. The number of ether oxygens (including phenoxy) is 1. The summed E-state index contributed by atoms with van der Waals surface area (Å²) in [7, 11) is 0. The highest BCUT2D eigenvalue weighted by Gasteiger charge is 2.27. The molecule has 0 amide bonds. The zero-order valence-electron chi connectivity index (χ0n) is 12.5. The van der Waals surface area contributed by atoms with Gasteiger partial charge in [0.1, 0.15) is 12.4 Å². The van der Waals surface area contributed by atoms with Gasteiger partial charge in [-0.05, 0) is 26.0 Å². The van der Waals surface area contributed by atoms with Crippen LogP contribution in [0.2, 0.25) is 0 Å². The Hall–Kier alpha value is -1.50. The molecule has 1 fully saturated rings. The monoisotopic (exact) mass is 272 g/mol. The molecule has 20 heavy (non-hydrogen) atoms. The van der Waals surface area contributed by atoms with E-state index in [0.29, 0.717) is 0 Å². The average molecular weight is 272 g/mol. The van der Waals surface area contributed by atoms with Gasteiger partial charge in [-0.2, -0.15) is 0 Å². The number of hydrogen-bond donors (Lipinski definition) is 0. The molecule has 1 saturated heterocycles. The van der Waals surface area contributed by atoms with Crippen molar-refractivity contribution < 1.29 is 4.74 Å². The molecule has 1 aromatic carbocycles. The van der Waals surface area contributed by atoms with Crippen molar-refractivity contribution in [2.45, 2.75) is 19.4 Å². The SMILES string of the molecule is C#CC(C)(C)N1CCN(CCOc2ccccc2)CC1. The van der Waals surface area contributed by atoms with Gasteiger partial charge in [-0.3, -0.25) is 9.80 Å². The van der Waals surface area contributed by atoms with E-state index in [4.69, 9.17) is 11.2 Å². The van der Waals surface area contributed by atoms with Crippen molar-refractivity contribution in [3.8, 4) is 18.1 Å². The number of para-hydroxylation sites is 1. The maximum atomic E-state index is 5.74. The van der Waals surface area contributed by atoms with Gasteiger partial charge < -0.3 is 4.74 Å². The molecule has 0 atom stereocenters. The zero-order chi connectivity index (χ0) is 14.4. The summed E-state index contributed by atoms with van der Waals surface area (Å²) in [6.07, 6.45) is 5.59. The number of terminal acetylenes is 1. The van der Waals surface area contributed by atoms with Gasteiger partial charge in [0.15, 0.2) is 0 Å². The highest BCUT2D eigenvalue weighted by molar-refractivity contribution is 5.20. The minimum atomic E-state index is -0.132. The Labute approximate surface area is 122 Å². The molecule has 1 heterocycles. The van der Waals surface area contributed by atoms with Gasteiger partial charge in [-0.15, -0.1) is 6.42 Å². The normalized spacial score (nSPS) is 17.6. The van der Waals surface area contributed by atoms with Crippen LogP contribution in [0.3, 0.4) is 0 Å². The summed E-state index contributed by atoms with van der Waals surface area (Å²) in [5.41, 5.74) is -0.132. The Balaban J connectivity index is 1.69. The van der Waals surface area contributed by atoms with Crippen LogP contribution < -0.4 is 4.74 Å². The number of hydrogen-bond acceptors (Lipinski definition) is 3. The Bertz CT molecular complexity index is 442.